The number of ether oxygens (including phenoxy) is 1. The van der Waals surface area contributed by atoms with Crippen molar-refractivity contribution in [3.8, 4) is 23.1 Å². The van der Waals surface area contributed by atoms with E-state index in [2.05, 4.69) is 9.97 Å². The number of halogens is 2. The van der Waals surface area contributed by atoms with Crippen LogP contribution in [0.4, 0.5) is 4.39 Å². The Labute approximate surface area is 149 Å². The van der Waals surface area contributed by atoms with Crippen LogP contribution in [0.3, 0.4) is 0 Å². The third kappa shape index (κ3) is 3.54. The Morgan fingerprint density at radius 3 is 2.72 bits per heavy atom. The van der Waals surface area contributed by atoms with Gasteiger partial charge in [-0.25, -0.2) is 9.37 Å². The summed E-state index contributed by atoms with van der Waals surface area (Å²) in [4.78, 5) is 8.43. The van der Waals surface area contributed by atoms with Crippen LogP contribution in [0.25, 0.3) is 21.9 Å². The Hall–Kier alpha value is -2.71. The minimum atomic E-state index is -0.571. The zero-order valence-electron chi connectivity index (χ0n) is 13.8. The van der Waals surface area contributed by atoms with Gasteiger partial charge in [0.15, 0.2) is 0 Å². The van der Waals surface area contributed by atoms with Crippen LogP contribution in [-0.2, 0) is 0 Å². The molecule has 3 rings (SSSR count). The summed E-state index contributed by atoms with van der Waals surface area (Å²) in [5.41, 5.74) is 1.37. The van der Waals surface area contributed by atoms with Gasteiger partial charge in [0.05, 0.1) is 12.2 Å². The molecule has 0 spiro atoms. The van der Waals surface area contributed by atoms with Crippen LogP contribution in [-0.4, -0.2) is 16.6 Å². The number of benzene rings is 1. The third-order valence-corrected chi connectivity index (χ3v) is 3.91. The van der Waals surface area contributed by atoms with Gasteiger partial charge in [-0.3, -0.25) is 4.98 Å². The molecule has 3 aromatic rings. The molecule has 2 heterocycles. The van der Waals surface area contributed by atoms with E-state index >= 15 is 0 Å². The first-order chi connectivity index (χ1) is 12.0. The number of rotatable bonds is 4. The summed E-state index contributed by atoms with van der Waals surface area (Å²) >= 11 is 6.27. The van der Waals surface area contributed by atoms with Crippen LogP contribution in [0.15, 0.2) is 36.8 Å². The fourth-order valence-electron chi connectivity index (χ4n) is 2.43. The maximum absolute atomic E-state index is 14.0. The van der Waals surface area contributed by atoms with Crippen molar-refractivity contribution >= 4 is 22.4 Å². The van der Waals surface area contributed by atoms with Crippen molar-refractivity contribution in [1.29, 1.82) is 5.26 Å². The van der Waals surface area contributed by atoms with E-state index in [0.29, 0.717) is 45.3 Å². The number of aromatic nitrogens is 2. The minimum Gasteiger partial charge on any atom is -0.476 e. The maximum Gasteiger partial charge on any atom is 0.232 e. The second-order valence-electron chi connectivity index (χ2n) is 6.07. The molecule has 0 N–H and O–H groups in total. The Balaban J connectivity index is 2.06. The standard InChI is InChI=1S/C19H15ClFN3O/c1-11(2)10-25-19-17(20)4-14(8-24-19)16-9-23-7-13-3-12(6-22)18(21)5-15(13)16/h3-5,7-9,11H,10H2,1-2H3. The summed E-state index contributed by atoms with van der Waals surface area (Å²) in [7, 11) is 0. The molecule has 25 heavy (non-hydrogen) atoms. The molecule has 0 atom stereocenters. The Morgan fingerprint density at radius 2 is 2.04 bits per heavy atom. The predicted octanol–water partition coefficient (Wildman–Crippen LogP) is 5.00. The molecule has 0 unspecified atom stereocenters. The first-order valence-electron chi connectivity index (χ1n) is 7.75. The zero-order chi connectivity index (χ0) is 18.0. The minimum absolute atomic E-state index is 0.0139. The van der Waals surface area contributed by atoms with Gasteiger partial charge in [-0.2, -0.15) is 5.26 Å². The third-order valence-electron chi connectivity index (χ3n) is 3.64. The van der Waals surface area contributed by atoms with E-state index in [1.165, 1.54) is 12.1 Å². The monoisotopic (exact) mass is 355 g/mol. The molecule has 0 aliphatic heterocycles. The normalized spacial score (nSPS) is 10.9. The fraction of sp³-hybridized carbons (Fsp3) is 0.211. The molecule has 0 radical (unpaired) electrons. The summed E-state index contributed by atoms with van der Waals surface area (Å²) in [6, 6.07) is 6.37. The molecule has 0 saturated carbocycles. The van der Waals surface area contributed by atoms with Gasteiger partial charge in [-0.15, -0.1) is 0 Å². The first kappa shape index (κ1) is 17.1. The number of nitriles is 1. The highest BCUT2D eigenvalue weighted by Crippen LogP contribution is 2.33. The topological polar surface area (TPSA) is 58.8 Å². The lowest BCUT2D eigenvalue weighted by Crippen LogP contribution is -2.06. The van der Waals surface area contributed by atoms with Crippen LogP contribution in [0.5, 0.6) is 5.88 Å². The fourth-order valence-corrected chi connectivity index (χ4v) is 2.65. The molecule has 0 saturated heterocycles. The highest BCUT2D eigenvalue weighted by Gasteiger charge is 2.12. The van der Waals surface area contributed by atoms with Crippen molar-refractivity contribution in [3.05, 3.63) is 53.2 Å². The number of hydrogen-bond donors (Lipinski definition) is 0. The Bertz CT molecular complexity index is 982. The van der Waals surface area contributed by atoms with Crippen LogP contribution < -0.4 is 4.74 Å². The molecular weight excluding hydrogens is 341 g/mol. The molecule has 0 fully saturated rings. The second kappa shape index (κ2) is 7.04. The van der Waals surface area contributed by atoms with Crippen molar-refractivity contribution in [3.63, 3.8) is 0 Å². The van der Waals surface area contributed by atoms with Crippen LogP contribution in [0.2, 0.25) is 5.02 Å². The van der Waals surface area contributed by atoms with Gasteiger partial charge >= 0.3 is 0 Å². The average molecular weight is 356 g/mol. The molecule has 0 amide bonds. The van der Waals surface area contributed by atoms with E-state index in [0.717, 1.165) is 0 Å². The largest absolute Gasteiger partial charge is 0.476 e. The smallest absolute Gasteiger partial charge is 0.232 e. The summed E-state index contributed by atoms with van der Waals surface area (Å²) in [5, 5.41) is 10.7. The van der Waals surface area contributed by atoms with Crippen molar-refractivity contribution in [1.82, 2.24) is 9.97 Å². The van der Waals surface area contributed by atoms with Gasteiger partial charge in [-0.1, -0.05) is 25.4 Å². The molecule has 126 valence electrons. The lowest BCUT2D eigenvalue weighted by molar-refractivity contribution is 0.261. The Morgan fingerprint density at radius 1 is 1.24 bits per heavy atom. The van der Waals surface area contributed by atoms with Crippen molar-refractivity contribution in [2.45, 2.75) is 13.8 Å². The molecule has 6 heteroatoms. The van der Waals surface area contributed by atoms with E-state index in [1.54, 1.807) is 24.7 Å². The van der Waals surface area contributed by atoms with Crippen LogP contribution in [0.1, 0.15) is 19.4 Å². The van der Waals surface area contributed by atoms with Gasteiger partial charge in [0, 0.05) is 35.1 Å². The SMILES string of the molecule is CC(C)COc1ncc(-c2cncc3cc(C#N)c(F)cc23)cc1Cl. The van der Waals surface area contributed by atoms with Crippen molar-refractivity contribution in [2.75, 3.05) is 6.61 Å². The van der Waals surface area contributed by atoms with Gasteiger partial charge < -0.3 is 4.74 Å². The lowest BCUT2D eigenvalue weighted by atomic mass is 10.0. The maximum atomic E-state index is 14.0. The van der Waals surface area contributed by atoms with E-state index in [9.17, 15) is 4.39 Å². The molecule has 2 aromatic heterocycles. The molecule has 4 nitrogen and oxygen atoms in total. The number of nitrogens with zero attached hydrogens (tertiary/aromatic N) is 3. The van der Waals surface area contributed by atoms with E-state index in [4.69, 9.17) is 21.6 Å². The molecule has 1 aromatic carbocycles. The highest BCUT2D eigenvalue weighted by molar-refractivity contribution is 6.32. The summed E-state index contributed by atoms with van der Waals surface area (Å²) < 4.78 is 19.6. The zero-order valence-corrected chi connectivity index (χ0v) is 14.5. The van der Waals surface area contributed by atoms with Gasteiger partial charge in [0.1, 0.15) is 16.9 Å². The van der Waals surface area contributed by atoms with Gasteiger partial charge in [-0.05, 0) is 29.5 Å². The lowest BCUT2D eigenvalue weighted by Gasteiger charge is -2.11. The number of hydrogen-bond acceptors (Lipinski definition) is 4. The van der Waals surface area contributed by atoms with Crippen molar-refractivity contribution in [2.24, 2.45) is 5.92 Å². The van der Waals surface area contributed by atoms with Crippen molar-refractivity contribution < 1.29 is 9.13 Å². The highest BCUT2D eigenvalue weighted by atomic mass is 35.5. The Kier molecular flexibility index (Phi) is 4.82. The van der Waals surface area contributed by atoms with E-state index in [1.807, 2.05) is 19.9 Å². The summed E-state index contributed by atoms with van der Waals surface area (Å²) in [6.45, 7) is 4.59. The van der Waals surface area contributed by atoms with E-state index in [-0.39, 0.29) is 5.56 Å². The molecular formula is C19H15ClFN3O. The average Bonchev–Trinajstić information content (AvgIpc) is 2.59. The summed E-state index contributed by atoms with van der Waals surface area (Å²) in [6.07, 6.45) is 4.83. The van der Waals surface area contributed by atoms with Crippen LogP contribution >= 0.6 is 11.6 Å². The first-order valence-corrected chi connectivity index (χ1v) is 8.13. The van der Waals surface area contributed by atoms with E-state index < -0.39 is 5.82 Å². The van der Waals surface area contributed by atoms with Crippen LogP contribution in [0, 0.1) is 23.1 Å². The second-order valence-corrected chi connectivity index (χ2v) is 6.48. The van der Waals surface area contributed by atoms with Gasteiger partial charge in [0.2, 0.25) is 5.88 Å². The summed E-state index contributed by atoms with van der Waals surface area (Å²) in [5.74, 6) is 0.153. The van der Waals surface area contributed by atoms with Gasteiger partial charge in [0.25, 0.3) is 0 Å². The molecule has 0 aliphatic carbocycles. The quantitative estimate of drug-likeness (QED) is 0.661. The predicted molar refractivity (Wildman–Crippen MR) is 95.0 cm³/mol. The number of pyridine rings is 2. The molecule has 0 bridgehead atoms. The number of fused-ring (bicyclic) bond motifs is 1. The molecule has 0 aliphatic rings.